The number of hydrogen-bond donors (Lipinski definition) is 1. The number of nitrogens with one attached hydrogen (secondary N) is 1. The van der Waals surface area contributed by atoms with E-state index in [2.05, 4.69) is 25.2 Å². The Labute approximate surface area is 133 Å². The standard InChI is InChI=1S/C19H27NO2/c1-3-19(4-2)13-16(15-11-7-8-12-17(15)22-19)20-18(21)14-9-5-6-10-14/h7-8,11-12,14,16H,3-6,9-10,13H2,1-2H3,(H,20,21)/t16-/m0/s1. The summed E-state index contributed by atoms with van der Waals surface area (Å²) in [6.07, 6.45) is 7.27. The Hall–Kier alpha value is -1.51. The summed E-state index contributed by atoms with van der Waals surface area (Å²) in [6, 6.07) is 8.24. The number of ether oxygens (including phenoxy) is 1. The minimum atomic E-state index is -0.151. The number of para-hydroxylation sites is 1. The van der Waals surface area contributed by atoms with Crippen LogP contribution in [-0.4, -0.2) is 11.5 Å². The van der Waals surface area contributed by atoms with Gasteiger partial charge in [0.1, 0.15) is 11.4 Å². The zero-order valence-corrected chi connectivity index (χ0v) is 13.7. The molecule has 3 rings (SSSR count). The van der Waals surface area contributed by atoms with Crippen LogP contribution in [-0.2, 0) is 4.79 Å². The van der Waals surface area contributed by atoms with Crippen LogP contribution >= 0.6 is 0 Å². The lowest BCUT2D eigenvalue weighted by Crippen LogP contribution is -2.45. The second-order valence-corrected chi connectivity index (χ2v) is 6.78. The van der Waals surface area contributed by atoms with Gasteiger partial charge in [-0.2, -0.15) is 0 Å². The van der Waals surface area contributed by atoms with Crippen molar-refractivity contribution in [1.29, 1.82) is 0 Å². The summed E-state index contributed by atoms with van der Waals surface area (Å²) in [7, 11) is 0. The van der Waals surface area contributed by atoms with Crippen molar-refractivity contribution in [2.75, 3.05) is 0 Å². The Morgan fingerprint density at radius 1 is 1.23 bits per heavy atom. The van der Waals surface area contributed by atoms with Crippen molar-refractivity contribution in [3.63, 3.8) is 0 Å². The first-order chi connectivity index (χ1) is 10.7. The quantitative estimate of drug-likeness (QED) is 0.896. The van der Waals surface area contributed by atoms with Crippen molar-refractivity contribution in [3.05, 3.63) is 29.8 Å². The number of carbonyl (C=O) groups excluding carboxylic acids is 1. The maximum atomic E-state index is 12.6. The van der Waals surface area contributed by atoms with Crippen LogP contribution in [0.4, 0.5) is 0 Å². The molecule has 1 aromatic carbocycles. The Balaban J connectivity index is 1.83. The van der Waals surface area contributed by atoms with Gasteiger partial charge in [0, 0.05) is 17.9 Å². The van der Waals surface area contributed by atoms with Crippen molar-refractivity contribution >= 4 is 5.91 Å². The molecule has 3 nitrogen and oxygen atoms in total. The lowest BCUT2D eigenvalue weighted by Gasteiger charge is -2.42. The zero-order chi connectivity index (χ0) is 15.6. The van der Waals surface area contributed by atoms with Crippen molar-refractivity contribution in [2.45, 2.75) is 70.4 Å². The second-order valence-electron chi connectivity index (χ2n) is 6.78. The molecule has 1 saturated carbocycles. The first kappa shape index (κ1) is 15.4. The van der Waals surface area contributed by atoms with Crippen LogP contribution in [0.15, 0.2) is 24.3 Å². The minimum absolute atomic E-state index is 0.0814. The Morgan fingerprint density at radius 3 is 2.59 bits per heavy atom. The third-order valence-electron chi connectivity index (χ3n) is 5.53. The first-order valence-electron chi connectivity index (χ1n) is 8.76. The largest absolute Gasteiger partial charge is 0.487 e. The average Bonchev–Trinajstić information content (AvgIpc) is 3.09. The molecule has 1 amide bonds. The zero-order valence-electron chi connectivity index (χ0n) is 13.7. The summed E-state index contributed by atoms with van der Waals surface area (Å²) in [5, 5.41) is 3.32. The van der Waals surface area contributed by atoms with Gasteiger partial charge in [0.15, 0.2) is 0 Å². The smallest absolute Gasteiger partial charge is 0.223 e. The topological polar surface area (TPSA) is 38.3 Å². The molecule has 0 unspecified atom stereocenters. The molecule has 0 aromatic heterocycles. The van der Waals surface area contributed by atoms with Crippen LogP contribution in [0.2, 0.25) is 0 Å². The van der Waals surface area contributed by atoms with Crippen molar-refractivity contribution in [2.24, 2.45) is 5.92 Å². The monoisotopic (exact) mass is 301 g/mol. The Morgan fingerprint density at radius 2 is 1.91 bits per heavy atom. The van der Waals surface area contributed by atoms with Crippen molar-refractivity contribution < 1.29 is 9.53 Å². The van der Waals surface area contributed by atoms with Crippen LogP contribution in [0.1, 0.15) is 70.4 Å². The molecule has 0 radical (unpaired) electrons. The van der Waals surface area contributed by atoms with Crippen LogP contribution in [0.3, 0.4) is 0 Å². The van der Waals surface area contributed by atoms with E-state index < -0.39 is 0 Å². The van der Waals surface area contributed by atoms with E-state index in [1.54, 1.807) is 0 Å². The summed E-state index contributed by atoms with van der Waals surface area (Å²) in [5.74, 6) is 1.39. The molecule has 1 aromatic rings. The molecule has 1 heterocycles. The normalized spacial score (nSPS) is 23.6. The first-order valence-corrected chi connectivity index (χ1v) is 8.76. The number of fused-ring (bicyclic) bond motifs is 1. The third kappa shape index (κ3) is 2.86. The summed E-state index contributed by atoms with van der Waals surface area (Å²) in [4.78, 5) is 12.6. The molecule has 1 N–H and O–H groups in total. The van der Waals surface area contributed by atoms with Crippen molar-refractivity contribution in [3.8, 4) is 5.75 Å². The van der Waals surface area contributed by atoms with E-state index in [4.69, 9.17) is 4.74 Å². The predicted molar refractivity (Wildman–Crippen MR) is 87.8 cm³/mol. The van der Waals surface area contributed by atoms with Gasteiger partial charge in [-0.15, -0.1) is 0 Å². The summed E-state index contributed by atoms with van der Waals surface area (Å²) >= 11 is 0. The van der Waals surface area contributed by atoms with Gasteiger partial charge >= 0.3 is 0 Å². The molecule has 0 saturated heterocycles. The van der Waals surface area contributed by atoms with E-state index in [-0.39, 0.29) is 23.5 Å². The lowest BCUT2D eigenvalue weighted by atomic mass is 9.83. The van der Waals surface area contributed by atoms with Crippen LogP contribution < -0.4 is 10.1 Å². The molecular formula is C19H27NO2. The summed E-state index contributed by atoms with van der Waals surface area (Å²) < 4.78 is 6.30. The Bertz CT molecular complexity index is 530. The van der Waals surface area contributed by atoms with E-state index in [0.29, 0.717) is 0 Å². The molecule has 1 aliphatic carbocycles. The fraction of sp³-hybridized carbons (Fsp3) is 0.632. The summed E-state index contributed by atoms with van der Waals surface area (Å²) in [5.41, 5.74) is 0.980. The fourth-order valence-corrected chi connectivity index (χ4v) is 3.91. The molecule has 0 spiro atoms. The molecular weight excluding hydrogens is 274 g/mol. The highest BCUT2D eigenvalue weighted by Crippen LogP contribution is 2.42. The highest BCUT2D eigenvalue weighted by atomic mass is 16.5. The van der Waals surface area contributed by atoms with Gasteiger partial charge in [-0.25, -0.2) is 0 Å². The molecule has 22 heavy (non-hydrogen) atoms. The Kier molecular flexibility index (Phi) is 4.42. The predicted octanol–water partition coefficient (Wildman–Crippen LogP) is 4.38. The van der Waals surface area contributed by atoms with E-state index in [0.717, 1.165) is 43.4 Å². The maximum Gasteiger partial charge on any atom is 0.223 e. The highest BCUT2D eigenvalue weighted by Gasteiger charge is 2.39. The second kappa shape index (κ2) is 6.31. The van der Waals surface area contributed by atoms with Crippen LogP contribution in [0.5, 0.6) is 5.75 Å². The number of rotatable bonds is 4. The van der Waals surface area contributed by atoms with Crippen molar-refractivity contribution in [1.82, 2.24) is 5.32 Å². The molecule has 120 valence electrons. The summed E-state index contributed by atoms with van der Waals surface area (Å²) in [6.45, 7) is 4.35. The van der Waals surface area contributed by atoms with Crippen LogP contribution in [0, 0.1) is 5.92 Å². The lowest BCUT2D eigenvalue weighted by molar-refractivity contribution is -0.126. The van der Waals surface area contributed by atoms with Crippen LogP contribution in [0.25, 0.3) is 0 Å². The van der Waals surface area contributed by atoms with Gasteiger partial charge in [0.2, 0.25) is 5.91 Å². The average molecular weight is 301 g/mol. The van der Waals surface area contributed by atoms with E-state index in [1.807, 2.05) is 18.2 Å². The van der Waals surface area contributed by atoms with Gasteiger partial charge in [0.25, 0.3) is 0 Å². The van der Waals surface area contributed by atoms with Gasteiger partial charge < -0.3 is 10.1 Å². The maximum absolute atomic E-state index is 12.6. The molecule has 1 fully saturated rings. The van der Waals surface area contributed by atoms with E-state index in [1.165, 1.54) is 12.8 Å². The molecule has 1 atom stereocenters. The third-order valence-corrected chi connectivity index (χ3v) is 5.53. The highest BCUT2D eigenvalue weighted by molar-refractivity contribution is 5.79. The number of hydrogen-bond acceptors (Lipinski definition) is 2. The molecule has 2 aliphatic rings. The number of amides is 1. The molecule has 3 heteroatoms. The van der Waals surface area contributed by atoms with Gasteiger partial charge in [-0.05, 0) is 31.7 Å². The van der Waals surface area contributed by atoms with Gasteiger partial charge in [-0.1, -0.05) is 44.9 Å². The molecule has 1 aliphatic heterocycles. The number of carbonyl (C=O) groups is 1. The fourth-order valence-electron chi connectivity index (χ4n) is 3.91. The van der Waals surface area contributed by atoms with E-state index >= 15 is 0 Å². The molecule has 0 bridgehead atoms. The SMILES string of the molecule is CCC1(CC)C[C@H](NC(=O)C2CCCC2)c2ccccc2O1. The van der Waals surface area contributed by atoms with Gasteiger partial charge in [-0.3, -0.25) is 4.79 Å². The van der Waals surface area contributed by atoms with Gasteiger partial charge in [0.05, 0.1) is 6.04 Å². The minimum Gasteiger partial charge on any atom is -0.487 e. The van der Waals surface area contributed by atoms with E-state index in [9.17, 15) is 4.79 Å². The number of benzene rings is 1.